The molecule has 0 saturated heterocycles. The third-order valence-electron chi connectivity index (χ3n) is 2.43. The second-order valence-corrected chi connectivity index (χ2v) is 5.61. The average Bonchev–Trinajstić information content (AvgIpc) is 2.38. The standard InChI is InChI=1S/C12H21N2O3P/c1-5-10-9-13-11(6-2)12(14-10)18(15,16-7-3)17-8-4/h9H,5-8H2,1-4H3. The Labute approximate surface area is 108 Å². The van der Waals surface area contributed by atoms with Gasteiger partial charge in [-0.15, -0.1) is 0 Å². The van der Waals surface area contributed by atoms with Crippen LogP contribution in [-0.2, 0) is 26.5 Å². The van der Waals surface area contributed by atoms with Crippen molar-refractivity contribution in [2.24, 2.45) is 0 Å². The normalized spacial score (nSPS) is 11.8. The fraction of sp³-hybridized carbons (Fsp3) is 0.667. The zero-order valence-electron chi connectivity index (χ0n) is 11.5. The monoisotopic (exact) mass is 272 g/mol. The first kappa shape index (κ1) is 15.3. The highest BCUT2D eigenvalue weighted by molar-refractivity contribution is 7.62. The molecule has 5 nitrogen and oxygen atoms in total. The summed E-state index contributed by atoms with van der Waals surface area (Å²) in [6.45, 7) is 8.13. The molecule has 1 aromatic heterocycles. The minimum atomic E-state index is -3.34. The van der Waals surface area contributed by atoms with E-state index in [1.807, 2.05) is 13.8 Å². The molecule has 0 saturated carbocycles. The van der Waals surface area contributed by atoms with Gasteiger partial charge < -0.3 is 9.05 Å². The van der Waals surface area contributed by atoms with Gasteiger partial charge in [0.25, 0.3) is 0 Å². The van der Waals surface area contributed by atoms with Crippen molar-refractivity contribution in [1.82, 2.24) is 9.97 Å². The SMILES string of the molecule is CCOP(=O)(OCC)c1nc(CC)cnc1CC. The summed E-state index contributed by atoms with van der Waals surface area (Å²) >= 11 is 0. The molecule has 1 aromatic rings. The summed E-state index contributed by atoms with van der Waals surface area (Å²) in [5, 5.41) is 0. The number of aromatic nitrogens is 2. The molecule has 18 heavy (non-hydrogen) atoms. The van der Waals surface area contributed by atoms with E-state index in [1.54, 1.807) is 20.0 Å². The minimum Gasteiger partial charge on any atom is -0.304 e. The smallest absolute Gasteiger partial charge is 0.304 e. The maximum absolute atomic E-state index is 12.7. The molecule has 6 heteroatoms. The van der Waals surface area contributed by atoms with E-state index in [0.29, 0.717) is 30.8 Å². The molecule has 0 aliphatic rings. The van der Waals surface area contributed by atoms with Crippen molar-refractivity contribution in [1.29, 1.82) is 0 Å². The van der Waals surface area contributed by atoms with Crippen molar-refractivity contribution in [3.8, 4) is 0 Å². The van der Waals surface area contributed by atoms with E-state index in [2.05, 4.69) is 9.97 Å². The summed E-state index contributed by atoms with van der Waals surface area (Å²) in [4.78, 5) is 8.70. The first-order valence-corrected chi connectivity index (χ1v) is 7.89. The second-order valence-electron chi connectivity index (χ2n) is 3.67. The summed E-state index contributed by atoms with van der Waals surface area (Å²) in [5.41, 5.74) is 1.84. The summed E-state index contributed by atoms with van der Waals surface area (Å²) < 4.78 is 23.4. The highest BCUT2D eigenvalue weighted by atomic mass is 31.2. The van der Waals surface area contributed by atoms with Gasteiger partial charge in [0.05, 0.1) is 24.6 Å². The molecule has 0 radical (unpaired) electrons. The second kappa shape index (κ2) is 6.98. The minimum absolute atomic E-state index is 0.318. The number of hydrogen-bond acceptors (Lipinski definition) is 5. The largest absolute Gasteiger partial charge is 0.381 e. The van der Waals surface area contributed by atoms with Crippen molar-refractivity contribution in [2.45, 2.75) is 40.5 Å². The molecule has 0 aliphatic heterocycles. The zero-order chi connectivity index (χ0) is 13.6. The Morgan fingerprint density at radius 1 is 1.11 bits per heavy atom. The molecule has 0 fully saturated rings. The maximum Gasteiger partial charge on any atom is 0.381 e. The molecule has 0 unspecified atom stereocenters. The fourth-order valence-corrected chi connectivity index (χ4v) is 3.36. The lowest BCUT2D eigenvalue weighted by Gasteiger charge is -2.18. The third kappa shape index (κ3) is 3.37. The lowest BCUT2D eigenvalue weighted by molar-refractivity contribution is 0.229. The molecule has 1 rings (SSSR count). The lowest BCUT2D eigenvalue weighted by atomic mass is 10.3. The van der Waals surface area contributed by atoms with Crippen LogP contribution in [0.1, 0.15) is 39.1 Å². The molecule has 102 valence electrons. The van der Waals surface area contributed by atoms with Crippen molar-refractivity contribution in [3.63, 3.8) is 0 Å². The third-order valence-corrected chi connectivity index (χ3v) is 4.50. The molecule has 0 spiro atoms. The van der Waals surface area contributed by atoms with E-state index in [-0.39, 0.29) is 0 Å². The Hall–Kier alpha value is -0.770. The van der Waals surface area contributed by atoms with Gasteiger partial charge in [0.15, 0.2) is 5.44 Å². The molecule has 1 heterocycles. The molecule has 0 amide bonds. The van der Waals surface area contributed by atoms with E-state index < -0.39 is 7.60 Å². The lowest BCUT2D eigenvalue weighted by Crippen LogP contribution is -2.22. The van der Waals surface area contributed by atoms with Crippen LogP contribution < -0.4 is 5.44 Å². The molecule has 0 aliphatic carbocycles. The van der Waals surface area contributed by atoms with E-state index >= 15 is 0 Å². The van der Waals surface area contributed by atoms with Crippen molar-refractivity contribution in [3.05, 3.63) is 17.6 Å². The van der Waals surface area contributed by atoms with Gasteiger partial charge in [0.2, 0.25) is 0 Å². The van der Waals surface area contributed by atoms with Gasteiger partial charge in [-0.1, -0.05) is 13.8 Å². The number of aryl methyl sites for hydroxylation is 2. The molecular formula is C12H21N2O3P. The van der Waals surface area contributed by atoms with Crippen LogP contribution in [0.3, 0.4) is 0 Å². The van der Waals surface area contributed by atoms with Crippen LogP contribution >= 0.6 is 7.60 Å². The summed E-state index contributed by atoms with van der Waals surface area (Å²) in [7, 11) is -3.34. The Morgan fingerprint density at radius 3 is 2.17 bits per heavy atom. The maximum atomic E-state index is 12.7. The van der Waals surface area contributed by atoms with Crippen LogP contribution in [-0.4, -0.2) is 23.2 Å². The molecular weight excluding hydrogens is 251 g/mol. The van der Waals surface area contributed by atoms with Crippen LogP contribution in [0.2, 0.25) is 0 Å². The molecule has 0 N–H and O–H groups in total. The number of rotatable bonds is 7. The molecule has 0 aromatic carbocycles. The summed E-state index contributed by atoms with van der Waals surface area (Å²) in [6.07, 6.45) is 3.10. The average molecular weight is 272 g/mol. The van der Waals surface area contributed by atoms with E-state index in [0.717, 1.165) is 12.1 Å². The summed E-state index contributed by atoms with van der Waals surface area (Å²) in [5.74, 6) is 0. The van der Waals surface area contributed by atoms with Crippen LogP contribution in [0.25, 0.3) is 0 Å². The Kier molecular flexibility index (Phi) is 5.93. The van der Waals surface area contributed by atoms with Gasteiger partial charge in [-0.25, -0.2) is 4.98 Å². The van der Waals surface area contributed by atoms with Crippen molar-refractivity contribution >= 4 is 13.0 Å². The quantitative estimate of drug-likeness (QED) is 0.714. The van der Waals surface area contributed by atoms with Crippen LogP contribution in [0.15, 0.2) is 6.20 Å². The van der Waals surface area contributed by atoms with Crippen LogP contribution in [0.4, 0.5) is 0 Å². The highest BCUT2D eigenvalue weighted by Crippen LogP contribution is 2.46. The molecule has 0 atom stereocenters. The van der Waals surface area contributed by atoms with E-state index in [4.69, 9.17) is 9.05 Å². The van der Waals surface area contributed by atoms with Crippen LogP contribution in [0, 0.1) is 0 Å². The summed E-state index contributed by atoms with van der Waals surface area (Å²) in [6, 6.07) is 0. The Bertz CT molecular complexity index is 427. The fourth-order valence-electron chi connectivity index (χ4n) is 1.58. The van der Waals surface area contributed by atoms with E-state index in [9.17, 15) is 4.57 Å². The predicted octanol–water partition coefficient (Wildman–Crippen LogP) is 2.49. The van der Waals surface area contributed by atoms with Gasteiger partial charge in [-0.3, -0.25) is 9.55 Å². The van der Waals surface area contributed by atoms with Gasteiger partial charge in [-0.05, 0) is 26.7 Å². The van der Waals surface area contributed by atoms with Gasteiger partial charge in [-0.2, -0.15) is 0 Å². The van der Waals surface area contributed by atoms with Crippen molar-refractivity contribution < 1.29 is 13.6 Å². The zero-order valence-corrected chi connectivity index (χ0v) is 12.4. The van der Waals surface area contributed by atoms with Crippen molar-refractivity contribution in [2.75, 3.05) is 13.2 Å². The highest BCUT2D eigenvalue weighted by Gasteiger charge is 2.32. The van der Waals surface area contributed by atoms with Gasteiger partial charge >= 0.3 is 7.60 Å². The molecule has 0 bridgehead atoms. The number of nitrogens with zero attached hydrogens (tertiary/aromatic N) is 2. The van der Waals surface area contributed by atoms with Gasteiger partial charge in [0, 0.05) is 6.20 Å². The predicted molar refractivity (Wildman–Crippen MR) is 71.3 cm³/mol. The first-order valence-electron chi connectivity index (χ1n) is 6.35. The topological polar surface area (TPSA) is 61.3 Å². The van der Waals surface area contributed by atoms with E-state index in [1.165, 1.54) is 0 Å². The first-order chi connectivity index (χ1) is 8.61. The Morgan fingerprint density at radius 2 is 1.72 bits per heavy atom. The van der Waals surface area contributed by atoms with Gasteiger partial charge in [0.1, 0.15) is 0 Å². The van der Waals surface area contributed by atoms with Crippen LogP contribution in [0.5, 0.6) is 0 Å². The number of hydrogen-bond donors (Lipinski definition) is 0. The Balaban J connectivity index is 3.28.